The standard InChI is InChI=1S/C26H31N3O5/c1-19-8-5-6-14-28(19)24(31)21-18-34-26(29(21)23(30)20-9-3-2-4-10-20)12-15-27(16-13-26)25(32)22-11-7-17-33-22/h2-4,7,9-11,17,19,21H,5-6,8,12-16,18H2,1H3/t19-,21+/m0/s1. The second-order valence-electron chi connectivity index (χ2n) is 9.46. The first-order chi connectivity index (χ1) is 16.5. The van der Waals surface area contributed by atoms with E-state index in [1.807, 2.05) is 23.1 Å². The number of likely N-dealkylation sites (tertiary alicyclic amines) is 2. The molecular formula is C26H31N3O5. The Morgan fingerprint density at radius 1 is 0.941 bits per heavy atom. The summed E-state index contributed by atoms with van der Waals surface area (Å²) in [6.45, 7) is 3.79. The molecule has 0 saturated carbocycles. The maximum absolute atomic E-state index is 13.8. The minimum Gasteiger partial charge on any atom is -0.459 e. The van der Waals surface area contributed by atoms with Crippen LogP contribution in [0.4, 0.5) is 0 Å². The van der Waals surface area contributed by atoms with Crippen LogP contribution >= 0.6 is 0 Å². The Kier molecular flexibility index (Phi) is 6.16. The van der Waals surface area contributed by atoms with Crippen molar-refractivity contribution in [2.75, 3.05) is 26.2 Å². The molecule has 3 amide bonds. The summed E-state index contributed by atoms with van der Waals surface area (Å²) in [5.74, 6) is -0.115. The summed E-state index contributed by atoms with van der Waals surface area (Å²) in [6.07, 6.45) is 5.43. The zero-order valence-corrected chi connectivity index (χ0v) is 19.5. The average molecular weight is 466 g/mol. The highest BCUT2D eigenvalue weighted by atomic mass is 16.5. The van der Waals surface area contributed by atoms with Gasteiger partial charge in [-0.25, -0.2) is 0 Å². The lowest BCUT2D eigenvalue weighted by molar-refractivity contribution is -0.140. The number of rotatable bonds is 3. The summed E-state index contributed by atoms with van der Waals surface area (Å²) in [4.78, 5) is 45.6. The number of carbonyl (C=O) groups is 3. The van der Waals surface area contributed by atoms with E-state index in [1.54, 1.807) is 34.1 Å². The van der Waals surface area contributed by atoms with Gasteiger partial charge in [-0.15, -0.1) is 0 Å². The molecule has 3 aliphatic rings. The van der Waals surface area contributed by atoms with E-state index in [9.17, 15) is 14.4 Å². The predicted molar refractivity (Wildman–Crippen MR) is 124 cm³/mol. The predicted octanol–water partition coefficient (Wildman–Crippen LogP) is 3.15. The third-order valence-corrected chi connectivity index (χ3v) is 7.44. The van der Waals surface area contributed by atoms with Crippen LogP contribution in [0.1, 0.15) is 59.9 Å². The molecule has 3 aliphatic heterocycles. The molecule has 0 bridgehead atoms. The third-order valence-electron chi connectivity index (χ3n) is 7.44. The van der Waals surface area contributed by atoms with Crippen molar-refractivity contribution in [3.8, 4) is 0 Å². The number of ether oxygens (including phenoxy) is 1. The Morgan fingerprint density at radius 2 is 1.71 bits per heavy atom. The van der Waals surface area contributed by atoms with Gasteiger partial charge >= 0.3 is 0 Å². The maximum Gasteiger partial charge on any atom is 0.289 e. The van der Waals surface area contributed by atoms with Crippen molar-refractivity contribution in [3.05, 3.63) is 60.1 Å². The number of piperidine rings is 2. The molecule has 4 heterocycles. The molecule has 2 atom stereocenters. The molecule has 180 valence electrons. The van der Waals surface area contributed by atoms with Crippen LogP contribution in [-0.2, 0) is 9.53 Å². The van der Waals surface area contributed by atoms with Crippen molar-refractivity contribution in [2.45, 2.75) is 56.8 Å². The second kappa shape index (κ2) is 9.25. The smallest absolute Gasteiger partial charge is 0.289 e. The number of amides is 3. The zero-order valence-electron chi connectivity index (χ0n) is 19.5. The van der Waals surface area contributed by atoms with Crippen LogP contribution in [0.25, 0.3) is 0 Å². The van der Waals surface area contributed by atoms with Gasteiger partial charge in [-0.05, 0) is 50.5 Å². The Bertz CT molecular complexity index is 1030. The lowest BCUT2D eigenvalue weighted by atomic mass is 9.95. The summed E-state index contributed by atoms with van der Waals surface area (Å²) in [5.41, 5.74) is -0.377. The Balaban J connectivity index is 1.40. The van der Waals surface area contributed by atoms with Crippen LogP contribution in [0, 0.1) is 0 Å². The fourth-order valence-electron chi connectivity index (χ4n) is 5.51. The van der Waals surface area contributed by atoms with Gasteiger partial charge in [-0.3, -0.25) is 19.3 Å². The molecule has 34 heavy (non-hydrogen) atoms. The van der Waals surface area contributed by atoms with Crippen LogP contribution in [0.5, 0.6) is 0 Å². The zero-order chi connectivity index (χ0) is 23.7. The van der Waals surface area contributed by atoms with Crippen molar-refractivity contribution in [1.82, 2.24) is 14.7 Å². The quantitative estimate of drug-likeness (QED) is 0.695. The molecule has 0 N–H and O–H groups in total. The fourth-order valence-corrected chi connectivity index (χ4v) is 5.51. The molecule has 1 aromatic carbocycles. The Morgan fingerprint density at radius 3 is 2.38 bits per heavy atom. The molecule has 3 saturated heterocycles. The van der Waals surface area contributed by atoms with Gasteiger partial charge in [0.25, 0.3) is 11.8 Å². The van der Waals surface area contributed by atoms with Crippen LogP contribution < -0.4 is 0 Å². The molecule has 0 unspecified atom stereocenters. The van der Waals surface area contributed by atoms with E-state index in [-0.39, 0.29) is 30.4 Å². The van der Waals surface area contributed by atoms with Crippen LogP contribution in [-0.4, -0.2) is 76.5 Å². The SMILES string of the molecule is C[C@H]1CCCCN1C(=O)[C@H]1COC2(CCN(C(=O)c3ccco3)CC2)N1C(=O)c1ccccc1. The summed E-state index contributed by atoms with van der Waals surface area (Å²) in [6, 6.07) is 11.9. The molecule has 5 rings (SSSR count). The number of benzene rings is 1. The molecule has 8 nitrogen and oxygen atoms in total. The largest absolute Gasteiger partial charge is 0.459 e. The highest BCUT2D eigenvalue weighted by Gasteiger charge is 2.55. The average Bonchev–Trinajstić information content (AvgIpc) is 3.53. The number of carbonyl (C=O) groups excluding carboxylic acids is 3. The normalized spacial score (nSPS) is 24.4. The molecule has 3 fully saturated rings. The van der Waals surface area contributed by atoms with E-state index in [4.69, 9.17) is 9.15 Å². The summed E-state index contributed by atoms with van der Waals surface area (Å²) in [7, 11) is 0. The highest BCUT2D eigenvalue weighted by Crippen LogP contribution is 2.39. The van der Waals surface area contributed by atoms with Crippen LogP contribution in [0.2, 0.25) is 0 Å². The van der Waals surface area contributed by atoms with E-state index in [0.29, 0.717) is 43.8 Å². The van der Waals surface area contributed by atoms with E-state index in [2.05, 4.69) is 6.92 Å². The minimum absolute atomic E-state index is 0.0394. The van der Waals surface area contributed by atoms with Crippen LogP contribution in [0.3, 0.4) is 0 Å². The van der Waals surface area contributed by atoms with Crippen molar-refractivity contribution in [1.29, 1.82) is 0 Å². The van der Waals surface area contributed by atoms with Gasteiger partial charge in [0.15, 0.2) is 5.76 Å². The lowest BCUT2D eigenvalue weighted by Gasteiger charge is -2.45. The number of hydrogen-bond donors (Lipinski definition) is 0. The molecule has 2 aromatic rings. The van der Waals surface area contributed by atoms with Crippen molar-refractivity contribution >= 4 is 17.7 Å². The van der Waals surface area contributed by atoms with Crippen LogP contribution in [0.15, 0.2) is 53.1 Å². The number of furan rings is 1. The summed E-state index contributed by atoms with van der Waals surface area (Å²) >= 11 is 0. The first-order valence-corrected chi connectivity index (χ1v) is 12.2. The van der Waals surface area contributed by atoms with Crippen molar-refractivity contribution in [2.24, 2.45) is 0 Å². The topological polar surface area (TPSA) is 83.3 Å². The Labute approximate surface area is 199 Å². The molecule has 8 heteroatoms. The first-order valence-electron chi connectivity index (χ1n) is 12.2. The van der Waals surface area contributed by atoms with Gasteiger partial charge in [0, 0.05) is 44.1 Å². The van der Waals surface area contributed by atoms with Gasteiger partial charge in [-0.1, -0.05) is 18.2 Å². The molecular weight excluding hydrogens is 434 g/mol. The Hall–Kier alpha value is -3.13. The van der Waals surface area contributed by atoms with Crippen molar-refractivity contribution in [3.63, 3.8) is 0 Å². The van der Waals surface area contributed by atoms with Gasteiger partial charge in [0.1, 0.15) is 11.8 Å². The maximum atomic E-state index is 13.8. The van der Waals surface area contributed by atoms with Gasteiger partial charge < -0.3 is 19.0 Å². The summed E-state index contributed by atoms with van der Waals surface area (Å²) in [5, 5.41) is 0. The second-order valence-corrected chi connectivity index (χ2v) is 9.46. The highest BCUT2D eigenvalue weighted by molar-refractivity contribution is 5.98. The lowest BCUT2D eigenvalue weighted by Crippen LogP contribution is -2.61. The number of nitrogens with zero attached hydrogens (tertiary/aromatic N) is 3. The van der Waals surface area contributed by atoms with Gasteiger partial charge in [-0.2, -0.15) is 0 Å². The van der Waals surface area contributed by atoms with Crippen molar-refractivity contribution < 1.29 is 23.5 Å². The molecule has 0 aliphatic carbocycles. The van der Waals surface area contributed by atoms with E-state index in [0.717, 1.165) is 19.3 Å². The molecule has 0 radical (unpaired) electrons. The fraction of sp³-hybridized carbons (Fsp3) is 0.500. The van der Waals surface area contributed by atoms with E-state index in [1.165, 1.54) is 6.26 Å². The van der Waals surface area contributed by atoms with E-state index >= 15 is 0 Å². The van der Waals surface area contributed by atoms with Gasteiger partial charge in [0.2, 0.25) is 5.91 Å². The monoisotopic (exact) mass is 465 g/mol. The molecule has 1 spiro atoms. The van der Waals surface area contributed by atoms with Gasteiger partial charge in [0.05, 0.1) is 12.9 Å². The molecule has 1 aromatic heterocycles. The summed E-state index contributed by atoms with van der Waals surface area (Å²) < 4.78 is 11.6. The third kappa shape index (κ3) is 4.00. The number of hydrogen-bond acceptors (Lipinski definition) is 5. The first kappa shape index (κ1) is 22.7. The van der Waals surface area contributed by atoms with E-state index < -0.39 is 11.8 Å². The minimum atomic E-state index is -0.910.